The molecule has 2 aromatic rings. The van der Waals surface area contributed by atoms with E-state index in [1.165, 1.54) is 0 Å². The molecule has 1 aromatic carbocycles. The molecule has 29 heavy (non-hydrogen) atoms. The number of hydrogen-bond donors (Lipinski definition) is 1. The highest BCUT2D eigenvalue weighted by atomic mass is 16.6. The van der Waals surface area contributed by atoms with Gasteiger partial charge in [-0.25, -0.2) is 14.8 Å². The van der Waals surface area contributed by atoms with Crippen LogP contribution in [0, 0.1) is 20.8 Å². The molecule has 0 bridgehead atoms. The van der Waals surface area contributed by atoms with Gasteiger partial charge in [0.05, 0.1) is 6.61 Å². The Morgan fingerprint density at radius 2 is 1.79 bits per heavy atom. The first-order valence-corrected chi connectivity index (χ1v) is 9.78. The zero-order valence-corrected chi connectivity index (χ0v) is 17.4. The van der Waals surface area contributed by atoms with E-state index in [9.17, 15) is 9.59 Å². The van der Waals surface area contributed by atoms with Crippen molar-refractivity contribution in [2.45, 2.75) is 27.7 Å². The molecule has 3 rings (SSSR count). The number of nitrogens with zero attached hydrogens (tertiary/aromatic N) is 4. The van der Waals surface area contributed by atoms with Crippen LogP contribution in [0.5, 0.6) is 0 Å². The number of carbonyl (C=O) groups is 2. The molecule has 0 spiro atoms. The molecule has 0 radical (unpaired) electrons. The molecule has 2 amide bonds. The number of benzene rings is 1. The normalized spacial score (nSPS) is 13.9. The van der Waals surface area contributed by atoms with Gasteiger partial charge in [0, 0.05) is 37.9 Å². The van der Waals surface area contributed by atoms with Gasteiger partial charge in [-0.1, -0.05) is 12.1 Å². The second-order valence-corrected chi connectivity index (χ2v) is 7.10. The number of ether oxygens (including phenoxy) is 1. The van der Waals surface area contributed by atoms with Gasteiger partial charge in [-0.3, -0.25) is 4.79 Å². The summed E-state index contributed by atoms with van der Waals surface area (Å²) < 4.78 is 5.06. The number of piperazine rings is 1. The molecular weight excluding hydrogens is 370 g/mol. The standard InChI is InChI=1S/C21H27N5O3/c1-5-29-21(28)26-10-8-25(9-11-26)19-13-18(22-16(4)23-19)20(27)24-17-12-14(2)6-7-15(17)3/h6-7,12-13H,5,8-11H2,1-4H3,(H,24,27). The van der Waals surface area contributed by atoms with Crippen molar-refractivity contribution in [3.8, 4) is 0 Å². The van der Waals surface area contributed by atoms with E-state index in [-0.39, 0.29) is 12.0 Å². The summed E-state index contributed by atoms with van der Waals surface area (Å²) in [7, 11) is 0. The van der Waals surface area contributed by atoms with E-state index in [1.807, 2.05) is 32.0 Å². The molecular formula is C21H27N5O3. The molecule has 1 N–H and O–H groups in total. The SMILES string of the molecule is CCOC(=O)N1CCN(c2cc(C(=O)Nc3cc(C)ccc3C)nc(C)n2)CC1. The maximum absolute atomic E-state index is 12.8. The molecule has 1 aromatic heterocycles. The zero-order valence-electron chi connectivity index (χ0n) is 17.4. The fraction of sp³-hybridized carbons (Fsp3) is 0.429. The lowest BCUT2D eigenvalue weighted by Gasteiger charge is -2.34. The summed E-state index contributed by atoms with van der Waals surface area (Å²) >= 11 is 0. The fourth-order valence-corrected chi connectivity index (χ4v) is 3.22. The van der Waals surface area contributed by atoms with Crippen molar-refractivity contribution in [2.75, 3.05) is 43.0 Å². The van der Waals surface area contributed by atoms with Gasteiger partial charge in [-0.05, 0) is 44.9 Å². The minimum Gasteiger partial charge on any atom is -0.450 e. The smallest absolute Gasteiger partial charge is 0.409 e. The molecule has 0 aliphatic carbocycles. The molecule has 1 aliphatic heterocycles. The lowest BCUT2D eigenvalue weighted by molar-refractivity contribution is 0.102. The first kappa shape index (κ1) is 20.6. The van der Waals surface area contributed by atoms with Crippen molar-refractivity contribution in [3.05, 3.63) is 46.9 Å². The lowest BCUT2D eigenvalue weighted by atomic mass is 10.1. The van der Waals surface area contributed by atoms with Crippen molar-refractivity contribution in [1.82, 2.24) is 14.9 Å². The zero-order chi connectivity index (χ0) is 21.0. The molecule has 154 valence electrons. The molecule has 8 heteroatoms. The fourth-order valence-electron chi connectivity index (χ4n) is 3.22. The Labute approximate surface area is 170 Å². The maximum atomic E-state index is 12.8. The third-order valence-electron chi connectivity index (χ3n) is 4.83. The number of carbonyl (C=O) groups excluding carboxylic acids is 2. The van der Waals surface area contributed by atoms with Crippen molar-refractivity contribution in [3.63, 3.8) is 0 Å². The summed E-state index contributed by atoms with van der Waals surface area (Å²) in [6.07, 6.45) is -0.292. The molecule has 2 heterocycles. The minimum absolute atomic E-state index is 0.268. The summed E-state index contributed by atoms with van der Waals surface area (Å²) in [4.78, 5) is 37.2. The first-order valence-electron chi connectivity index (χ1n) is 9.78. The van der Waals surface area contributed by atoms with Gasteiger partial charge in [0.25, 0.3) is 5.91 Å². The topological polar surface area (TPSA) is 87.7 Å². The van der Waals surface area contributed by atoms with E-state index in [4.69, 9.17) is 4.74 Å². The minimum atomic E-state index is -0.292. The van der Waals surface area contributed by atoms with Gasteiger partial charge >= 0.3 is 6.09 Å². The second-order valence-electron chi connectivity index (χ2n) is 7.10. The summed E-state index contributed by atoms with van der Waals surface area (Å²) in [5, 5.41) is 2.94. The van der Waals surface area contributed by atoms with E-state index in [2.05, 4.69) is 20.2 Å². The van der Waals surface area contributed by atoms with Crippen LogP contribution in [0.4, 0.5) is 16.3 Å². The van der Waals surface area contributed by atoms with Crippen LogP contribution in [0.15, 0.2) is 24.3 Å². The molecule has 1 fully saturated rings. The molecule has 0 atom stereocenters. The van der Waals surface area contributed by atoms with E-state index < -0.39 is 0 Å². The van der Waals surface area contributed by atoms with Crippen molar-refractivity contribution in [1.29, 1.82) is 0 Å². The Hall–Kier alpha value is -3.16. The molecule has 1 aliphatic rings. The van der Waals surface area contributed by atoms with E-state index in [1.54, 1.807) is 24.8 Å². The Morgan fingerprint density at radius 3 is 2.48 bits per heavy atom. The van der Waals surface area contributed by atoms with Gasteiger partial charge in [-0.2, -0.15) is 0 Å². The van der Waals surface area contributed by atoms with Gasteiger partial charge in [-0.15, -0.1) is 0 Å². The maximum Gasteiger partial charge on any atom is 0.409 e. The number of amides is 2. The highest BCUT2D eigenvalue weighted by molar-refractivity contribution is 6.03. The van der Waals surface area contributed by atoms with Crippen molar-refractivity contribution in [2.24, 2.45) is 0 Å². The van der Waals surface area contributed by atoms with Crippen molar-refractivity contribution >= 4 is 23.5 Å². The first-order chi connectivity index (χ1) is 13.9. The molecule has 8 nitrogen and oxygen atoms in total. The highest BCUT2D eigenvalue weighted by Crippen LogP contribution is 2.19. The van der Waals surface area contributed by atoms with Gasteiger partial charge in [0.1, 0.15) is 17.3 Å². The number of aryl methyl sites for hydroxylation is 3. The van der Waals surface area contributed by atoms with Gasteiger partial charge < -0.3 is 19.9 Å². The van der Waals surface area contributed by atoms with Crippen LogP contribution in [0.3, 0.4) is 0 Å². The molecule has 1 saturated heterocycles. The second kappa shape index (κ2) is 8.89. The van der Waals surface area contributed by atoms with Gasteiger partial charge in [0.15, 0.2) is 0 Å². The van der Waals surface area contributed by atoms with E-state index >= 15 is 0 Å². The van der Waals surface area contributed by atoms with Crippen LogP contribution in [-0.4, -0.2) is 59.7 Å². The number of nitrogens with one attached hydrogen (secondary N) is 1. The van der Waals surface area contributed by atoms with Crippen LogP contribution in [0.2, 0.25) is 0 Å². The monoisotopic (exact) mass is 397 g/mol. The summed E-state index contributed by atoms with van der Waals surface area (Å²) in [5.41, 5.74) is 3.16. The van der Waals surface area contributed by atoms with Crippen LogP contribution in [0.1, 0.15) is 34.4 Å². The number of rotatable bonds is 4. The van der Waals surface area contributed by atoms with Crippen molar-refractivity contribution < 1.29 is 14.3 Å². The Morgan fingerprint density at radius 1 is 1.07 bits per heavy atom. The third-order valence-corrected chi connectivity index (χ3v) is 4.83. The quantitative estimate of drug-likeness (QED) is 0.853. The molecule has 0 saturated carbocycles. The lowest BCUT2D eigenvalue weighted by Crippen LogP contribution is -2.49. The van der Waals surface area contributed by atoms with Crippen LogP contribution in [0.25, 0.3) is 0 Å². The Balaban J connectivity index is 1.72. The summed E-state index contributed by atoms with van der Waals surface area (Å²) in [6.45, 7) is 10.2. The predicted molar refractivity (Wildman–Crippen MR) is 111 cm³/mol. The predicted octanol–water partition coefficient (Wildman–Crippen LogP) is 2.93. The highest BCUT2D eigenvalue weighted by Gasteiger charge is 2.24. The number of anilines is 2. The Kier molecular flexibility index (Phi) is 6.31. The van der Waals surface area contributed by atoms with Crippen LogP contribution in [-0.2, 0) is 4.74 Å². The van der Waals surface area contributed by atoms with Crippen LogP contribution >= 0.6 is 0 Å². The summed E-state index contributed by atoms with van der Waals surface area (Å²) in [5.74, 6) is 0.948. The molecule has 0 unspecified atom stereocenters. The van der Waals surface area contributed by atoms with E-state index in [0.717, 1.165) is 16.8 Å². The number of hydrogen-bond acceptors (Lipinski definition) is 6. The third kappa shape index (κ3) is 5.01. The number of aromatic nitrogens is 2. The average Bonchev–Trinajstić information content (AvgIpc) is 2.70. The van der Waals surface area contributed by atoms with E-state index in [0.29, 0.717) is 50.1 Å². The Bertz CT molecular complexity index is 907. The summed E-state index contributed by atoms with van der Waals surface area (Å²) in [6, 6.07) is 7.63. The van der Waals surface area contributed by atoms with Crippen LogP contribution < -0.4 is 10.2 Å². The largest absolute Gasteiger partial charge is 0.450 e. The average molecular weight is 397 g/mol. The van der Waals surface area contributed by atoms with Gasteiger partial charge in [0.2, 0.25) is 0 Å².